The summed E-state index contributed by atoms with van der Waals surface area (Å²) in [6, 6.07) is 8.28. The van der Waals surface area contributed by atoms with Crippen LogP contribution >= 0.6 is 0 Å². The fraction of sp³-hybridized carbons (Fsp3) is 0.286. The molecule has 0 spiro atoms. The molecule has 0 radical (unpaired) electrons. The van der Waals surface area contributed by atoms with Crippen molar-refractivity contribution in [2.24, 2.45) is 5.92 Å². The molecule has 18 heavy (non-hydrogen) atoms. The number of hydrogen-bond acceptors (Lipinski definition) is 2. The lowest BCUT2D eigenvalue weighted by Crippen LogP contribution is -2.41. The molecule has 0 aliphatic heterocycles. The minimum atomic E-state index is -0.993. The monoisotopic (exact) mass is 243 g/mol. The zero-order valence-corrected chi connectivity index (χ0v) is 9.72. The first-order chi connectivity index (χ1) is 8.66. The molecule has 4 heteroatoms. The normalized spacial score (nSPS) is 15.1. The molecule has 1 fully saturated rings. The second-order valence-corrected chi connectivity index (χ2v) is 4.24. The number of carbonyl (C=O) groups is 2. The highest BCUT2D eigenvalue weighted by Crippen LogP contribution is 2.32. The van der Waals surface area contributed by atoms with Crippen LogP contribution in [0.5, 0.6) is 0 Å². The Labute approximate surface area is 105 Å². The van der Waals surface area contributed by atoms with E-state index in [1.165, 1.54) is 0 Å². The number of carboxylic acid groups (broad SMARTS) is 1. The molecule has 0 saturated heterocycles. The molecule has 1 saturated carbocycles. The highest BCUT2D eigenvalue weighted by molar-refractivity contribution is 5.96. The third-order valence-electron chi connectivity index (χ3n) is 2.74. The molecule has 1 aliphatic rings. The topological polar surface area (TPSA) is 66.4 Å². The molecule has 1 atom stereocenters. The zero-order chi connectivity index (χ0) is 13.0. The lowest BCUT2D eigenvalue weighted by Gasteiger charge is -2.10. The maximum absolute atomic E-state index is 11.5. The summed E-state index contributed by atoms with van der Waals surface area (Å²) < 4.78 is 0. The van der Waals surface area contributed by atoms with Crippen LogP contribution in [0, 0.1) is 17.8 Å². The average molecular weight is 243 g/mol. The highest BCUT2D eigenvalue weighted by atomic mass is 16.4. The number of aliphatic carboxylic acids is 1. The molecule has 0 aromatic heterocycles. The molecule has 0 heterocycles. The number of carbonyl (C=O) groups excluding carboxylic acids is 1. The summed E-state index contributed by atoms with van der Waals surface area (Å²) in [5.41, 5.74) is 0.728. The van der Waals surface area contributed by atoms with Crippen molar-refractivity contribution in [3.63, 3.8) is 0 Å². The summed E-state index contributed by atoms with van der Waals surface area (Å²) in [4.78, 5) is 22.4. The number of nitrogens with one attached hydrogen (secondary N) is 1. The van der Waals surface area contributed by atoms with Gasteiger partial charge in [-0.25, -0.2) is 4.79 Å². The van der Waals surface area contributed by atoms with Gasteiger partial charge in [0.15, 0.2) is 0 Å². The highest BCUT2D eigenvalue weighted by Gasteiger charge is 2.36. The Kier molecular flexibility index (Phi) is 3.63. The van der Waals surface area contributed by atoms with E-state index in [2.05, 4.69) is 17.2 Å². The smallest absolute Gasteiger partial charge is 0.326 e. The lowest BCUT2D eigenvalue weighted by molar-refractivity contribution is -0.141. The van der Waals surface area contributed by atoms with Crippen LogP contribution in [-0.2, 0) is 9.59 Å². The van der Waals surface area contributed by atoms with E-state index in [0.717, 1.165) is 18.4 Å². The van der Waals surface area contributed by atoms with Crippen molar-refractivity contribution in [2.75, 3.05) is 0 Å². The number of hydrogen-bond donors (Lipinski definition) is 2. The Morgan fingerprint density at radius 1 is 1.28 bits per heavy atom. The van der Waals surface area contributed by atoms with Gasteiger partial charge in [-0.1, -0.05) is 24.1 Å². The Morgan fingerprint density at radius 3 is 2.50 bits per heavy atom. The van der Waals surface area contributed by atoms with Gasteiger partial charge in [-0.2, -0.15) is 0 Å². The van der Waals surface area contributed by atoms with Gasteiger partial charge in [0.05, 0.1) is 0 Å². The van der Waals surface area contributed by atoms with Crippen LogP contribution < -0.4 is 5.32 Å². The molecule has 2 N–H and O–H groups in total. The molecule has 1 aromatic carbocycles. The van der Waals surface area contributed by atoms with E-state index in [1.54, 1.807) is 12.1 Å². The summed E-state index contributed by atoms with van der Waals surface area (Å²) in [7, 11) is 0. The Hall–Kier alpha value is -2.28. The molecule has 92 valence electrons. The summed E-state index contributed by atoms with van der Waals surface area (Å²) in [6.07, 6.45) is 1.70. The maximum Gasteiger partial charge on any atom is 0.326 e. The summed E-state index contributed by atoms with van der Waals surface area (Å²) >= 11 is 0. The van der Waals surface area contributed by atoms with E-state index in [0.29, 0.717) is 0 Å². The third-order valence-corrected chi connectivity index (χ3v) is 2.74. The van der Waals surface area contributed by atoms with E-state index in [9.17, 15) is 9.59 Å². The van der Waals surface area contributed by atoms with E-state index < -0.39 is 17.9 Å². The van der Waals surface area contributed by atoms with Crippen LogP contribution in [0.4, 0.5) is 0 Å². The van der Waals surface area contributed by atoms with Gasteiger partial charge >= 0.3 is 5.97 Å². The second-order valence-electron chi connectivity index (χ2n) is 4.24. The van der Waals surface area contributed by atoms with Gasteiger partial charge in [-0.15, -0.1) is 0 Å². The fourth-order valence-electron chi connectivity index (χ4n) is 1.64. The van der Waals surface area contributed by atoms with Gasteiger partial charge in [-0.3, -0.25) is 4.79 Å². The van der Waals surface area contributed by atoms with Crippen molar-refractivity contribution in [1.29, 1.82) is 0 Å². The molecule has 1 aromatic rings. The van der Waals surface area contributed by atoms with Crippen molar-refractivity contribution >= 4 is 11.9 Å². The Morgan fingerprint density at radius 2 is 1.94 bits per heavy atom. The molecule has 1 amide bonds. The molecule has 0 bridgehead atoms. The number of rotatable bonds is 3. The number of carboxylic acids is 1. The summed E-state index contributed by atoms with van der Waals surface area (Å²) in [6.45, 7) is 0. The van der Waals surface area contributed by atoms with Crippen LogP contribution in [0.2, 0.25) is 0 Å². The van der Waals surface area contributed by atoms with Gasteiger partial charge in [0.2, 0.25) is 0 Å². The van der Waals surface area contributed by atoms with Crippen molar-refractivity contribution in [2.45, 2.75) is 18.9 Å². The quantitative estimate of drug-likeness (QED) is 0.779. The third kappa shape index (κ3) is 3.36. The van der Waals surface area contributed by atoms with Crippen molar-refractivity contribution < 1.29 is 14.7 Å². The van der Waals surface area contributed by atoms with E-state index in [-0.39, 0.29) is 5.92 Å². The molecule has 2 rings (SSSR count). The standard InChI is InChI=1S/C14H13NO3/c16-12(9-6-10-4-2-1-3-5-10)15-13(14(17)18)11-7-8-11/h1-5,11,13H,7-8H2,(H,15,16)(H,17,18). The zero-order valence-electron chi connectivity index (χ0n) is 9.72. The first-order valence-electron chi connectivity index (χ1n) is 5.77. The van der Waals surface area contributed by atoms with Gasteiger partial charge in [0, 0.05) is 11.5 Å². The number of benzene rings is 1. The molecule has 1 aliphatic carbocycles. The fourth-order valence-corrected chi connectivity index (χ4v) is 1.64. The number of amides is 1. The second kappa shape index (κ2) is 5.37. The lowest BCUT2D eigenvalue weighted by atomic mass is 10.2. The van der Waals surface area contributed by atoms with Crippen molar-refractivity contribution in [3.8, 4) is 11.8 Å². The van der Waals surface area contributed by atoms with Crippen LogP contribution in [0.15, 0.2) is 30.3 Å². The van der Waals surface area contributed by atoms with Crippen LogP contribution in [0.1, 0.15) is 18.4 Å². The first kappa shape index (κ1) is 12.2. The van der Waals surface area contributed by atoms with Gasteiger partial charge in [-0.05, 0) is 30.9 Å². The van der Waals surface area contributed by atoms with E-state index in [4.69, 9.17) is 5.11 Å². The van der Waals surface area contributed by atoms with E-state index in [1.807, 2.05) is 18.2 Å². The van der Waals surface area contributed by atoms with Crippen molar-refractivity contribution in [1.82, 2.24) is 5.32 Å². The minimum absolute atomic E-state index is 0.0602. The van der Waals surface area contributed by atoms with Gasteiger partial charge in [0.1, 0.15) is 6.04 Å². The molecular formula is C14H13NO3. The SMILES string of the molecule is O=C(C#Cc1ccccc1)NC(C(=O)O)C1CC1. The molecular weight excluding hydrogens is 230 g/mol. The maximum atomic E-state index is 11.5. The predicted molar refractivity (Wildman–Crippen MR) is 65.6 cm³/mol. The van der Waals surface area contributed by atoms with Gasteiger partial charge < -0.3 is 10.4 Å². The largest absolute Gasteiger partial charge is 0.480 e. The van der Waals surface area contributed by atoms with Crippen LogP contribution in [0.25, 0.3) is 0 Å². The van der Waals surface area contributed by atoms with Crippen LogP contribution in [-0.4, -0.2) is 23.0 Å². The predicted octanol–water partition coefficient (Wildman–Crippen LogP) is 1.02. The molecule has 4 nitrogen and oxygen atoms in total. The van der Waals surface area contributed by atoms with E-state index >= 15 is 0 Å². The Balaban J connectivity index is 1.96. The van der Waals surface area contributed by atoms with Crippen molar-refractivity contribution in [3.05, 3.63) is 35.9 Å². The minimum Gasteiger partial charge on any atom is -0.480 e. The average Bonchev–Trinajstić information content (AvgIpc) is 3.18. The van der Waals surface area contributed by atoms with Gasteiger partial charge in [0.25, 0.3) is 5.91 Å². The summed E-state index contributed by atoms with van der Waals surface area (Å²) in [5.74, 6) is 3.62. The first-order valence-corrected chi connectivity index (χ1v) is 5.77. The Bertz CT molecular complexity index is 509. The van der Waals surface area contributed by atoms with Crippen LogP contribution in [0.3, 0.4) is 0 Å². The summed E-state index contributed by atoms with van der Waals surface area (Å²) in [5, 5.41) is 11.4. The molecule has 1 unspecified atom stereocenters.